The maximum absolute atomic E-state index is 11.0. The molecule has 0 saturated carbocycles. The summed E-state index contributed by atoms with van der Waals surface area (Å²) in [4.78, 5) is 0. The predicted molar refractivity (Wildman–Crippen MR) is 60.5 cm³/mol. The molecule has 2 rings (SSSR count). The molecule has 2 aliphatic rings. The van der Waals surface area contributed by atoms with Crippen LogP contribution in [0.15, 0.2) is 12.2 Å². The minimum Gasteiger partial charge on any atom is -0.389 e. The number of hydrogen-bond acceptors (Lipinski definition) is 2. The Kier molecular flexibility index (Phi) is 2.29. The molecule has 0 amide bonds. The molecule has 2 nitrogen and oxygen atoms in total. The molecule has 5 atom stereocenters. The van der Waals surface area contributed by atoms with Crippen molar-refractivity contribution >= 4 is 0 Å². The van der Waals surface area contributed by atoms with Crippen LogP contribution < -0.4 is 0 Å². The zero-order valence-electron chi connectivity index (χ0n) is 10.3. The Labute approximate surface area is 92.3 Å². The Balaban J connectivity index is 2.41. The Morgan fingerprint density at radius 1 is 1.07 bits per heavy atom. The lowest BCUT2D eigenvalue weighted by atomic mass is 9.60. The molecular formula is C13H22O2. The molecule has 0 aromatic rings. The van der Waals surface area contributed by atoms with E-state index in [0.29, 0.717) is 0 Å². The van der Waals surface area contributed by atoms with Crippen LogP contribution in [-0.4, -0.2) is 22.9 Å². The van der Waals surface area contributed by atoms with Gasteiger partial charge in [0.05, 0.1) is 17.8 Å². The third-order valence-corrected chi connectivity index (χ3v) is 4.38. The molecule has 2 unspecified atom stereocenters. The van der Waals surface area contributed by atoms with Crippen LogP contribution in [0.2, 0.25) is 0 Å². The first-order chi connectivity index (χ1) is 6.78. The summed E-state index contributed by atoms with van der Waals surface area (Å²) >= 11 is 0. The van der Waals surface area contributed by atoms with Gasteiger partial charge in [0.15, 0.2) is 0 Å². The molecule has 0 spiro atoms. The third-order valence-electron chi connectivity index (χ3n) is 4.38. The summed E-state index contributed by atoms with van der Waals surface area (Å²) in [5, 5.41) is 11.0. The molecule has 2 aliphatic heterocycles. The van der Waals surface area contributed by atoms with E-state index in [9.17, 15) is 5.11 Å². The van der Waals surface area contributed by atoms with E-state index in [2.05, 4.69) is 46.8 Å². The van der Waals surface area contributed by atoms with Crippen molar-refractivity contribution in [3.8, 4) is 0 Å². The smallest absolute Gasteiger partial charge is 0.0818 e. The normalized spacial score (nSPS) is 49.7. The van der Waals surface area contributed by atoms with Crippen LogP contribution in [0, 0.1) is 17.3 Å². The van der Waals surface area contributed by atoms with Crippen molar-refractivity contribution in [1.29, 1.82) is 0 Å². The number of hydrogen-bond donors (Lipinski definition) is 1. The monoisotopic (exact) mass is 210 g/mol. The molecule has 0 aromatic carbocycles. The Morgan fingerprint density at radius 3 is 1.80 bits per heavy atom. The summed E-state index contributed by atoms with van der Waals surface area (Å²) in [5.74, 6) is 0.310. The standard InChI is InChI=1S/C13H22O2/c1-8-10-6-7-11(15-10)9(2)13(8,14)12(3,4)5/h6-11,14H,1-5H3/t8-,9+,10?,11?,13-. The molecule has 86 valence electrons. The maximum atomic E-state index is 11.0. The maximum Gasteiger partial charge on any atom is 0.0818 e. The van der Waals surface area contributed by atoms with Gasteiger partial charge in [-0.2, -0.15) is 0 Å². The van der Waals surface area contributed by atoms with Crippen molar-refractivity contribution in [2.45, 2.75) is 52.4 Å². The van der Waals surface area contributed by atoms with E-state index in [1.165, 1.54) is 0 Å². The number of aliphatic hydroxyl groups is 1. The van der Waals surface area contributed by atoms with E-state index < -0.39 is 5.60 Å². The van der Waals surface area contributed by atoms with Crippen molar-refractivity contribution in [2.75, 3.05) is 0 Å². The highest BCUT2D eigenvalue weighted by molar-refractivity contribution is 5.18. The Morgan fingerprint density at radius 2 is 1.47 bits per heavy atom. The highest BCUT2D eigenvalue weighted by Crippen LogP contribution is 2.51. The molecule has 0 aliphatic carbocycles. The largest absolute Gasteiger partial charge is 0.389 e. The van der Waals surface area contributed by atoms with E-state index in [0.717, 1.165) is 0 Å². The van der Waals surface area contributed by atoms with E-state index >= 15 is 0 Å². The zero-order chi connectivity index (χ0) is 11.4. The van der Waals surface area contributed by atoms with Gasteiger partial charge in [0.25, 0.3) is 0 Å². The molecular weight excluding hydrogens is 188 g/mol. The first-order valence-electron chi connectivity index (χ1n) is 5.84. The van der Waals surface area contributed by atoms with Gasteiger partial charge >= 0.3 is 0 Å². The van der Waals surface area contributed by atoms with E-state index in [4.69, 9.17) is 4.74 Å². The van der Waals surface area contributed by atoms with Gasteiger partial charge in [-0.1, -0.05) is 46.8 Å². The molecule has 0 aromatic heterocycles. The number of rotatable bonds is 0. The summed E-state index contributed by atoms with van der Waals surface area (Å²) in [5.41, 5.74) is -0.762. The summed E-state index contributed by atoms with van der Waals surface area (Å²) in [6, 6.07) is 0. The van der Waals surface area contributed by atoms with Crippen LogP contribution in [0.3, 0.4) is 0 Å². The lowest BCUT2D eigenvalue weighted by molar-refractivity contribution is -0.225. The second-order valence-corrected chi connectivity index (χ2v) is 6.10. The van der Waals surface area contributed by atoms with Crippen molar-refractivity contribution in [3.63, 3.8) is 0 Å². The van der Waals surface area contributed by atoms with Gasteiger partial charge in [0.1, 0.15) is 0 Å². The highest BCUT2D eigenvalue weighted by atomic mass is 16.5. The van der Waals surface area contributed by atoms with Crippen LogP contribution in [0.1, 0.15) is 34.6 Å². The quantitative estimate of drug-likeness (QED) is 0.622. The number of fused-ring (bicyclic) bond motifs is 2. The average molecular weight is 210 g/mol. The predicted octanol–water partition coefficient (Wildman–Crippen LogP) is 2.37. The summed E-state index contributed by atoms with van der Waals surface area (Å²) in [7, 11) is 0. The van der Waals surface area contributed by atoms with Gasteiger partial charge in [-0.25, -0.2) is 0 Å². The second kappa shape index (κ2) is 3.08. The first-order valence-corrected chi connectivity index (χ1v) is 5.84. The summed E-state index contributed by atoms with van der Waals surface area (Å²) < 4.78 is 5.84. The van der Waals surface area contributed by atoms with Crippen molar-refractivity contribution < 1.29 is 9.84 Å². The van der Waals surface area contributed by atoms with Gasteiger partial charge in [-0.3, -0.25) is 0 Å². The lowest BCUT2D eigenvalue weighted by Gasteiger charge is -2.54. The van der Waals surface area contributed by atoms with Gasteiger partial charge in [-0.15, -0.1) is 0 Å². The molecule has 1 fully saturated rings. The van der Waals surface area contributed by atoms with Crippen LogP contribution in [0.4, 0.5) is 0 Å². The molecule has 2 heterocycles. The van der Waals surface area contributed by atoms with Crippen LogP contribution in [-0.2, 0) is 4.74 Å². The minimum atomic E-state index is -0.649. The van der Waals surface area contributed by atoms with E-state index in [1.807, 2.05) is 0 Å². The van der Waals surface area contributed by atoms with Crippen LogP contribution in [0.25, 0.3) is 0 Å². The molecule has 0 radical (unpaired) electrons. The Hall–Kier alpha value is -0.340. The first kappa shape index (κ1) is 11.2. The van der Waals surface area contributed by atoms with Gasteiger partial charge in [0, 0.05) is 11.8 Å². The molecule has 2 heteroatoms. The fraction of sp³-hybridized carbons (Fsp3) is 0.846. The second-order valence-electron chi connectivity index (χ2n) is 6.10. The third kappa shape index (κ3) is 1.31. The fourth-order valence-corrected chi connectivity index (χ4v) is 3.34. The van der Waals surface area contributed by atoms with Crippen molar-refractivity contribution in [3.05, 3.63) is 12.2 Å². The SMILES string of the molecule is C[C@@H]1C2C=CC(O2)[C@H](C)[C@@]1(O)C(C)(C)C. The number of ether oxygens (including phenoxy) is 1. The Bertz CT molecular complexity index is 269. The molecule has 1 N–H and O–H groups in total. The van der Waals surface area contributed by atoms with Crippen molar-refractivity contribution in [2.24, 2.45) is 17.3 Å². The topological polar surface area (TPSA) is 29.5 Å². The fourth-order valence-electron chi connectivity index (χ4n) is 3.34. The van der Waals surface area contributed by atoms with Crippen LogP contribution >= 0.6 is 0 Å². The average Bonchev–Trinajstić information content (AvgIpc) is 2.56. The molecule has 1 saturated heterocycles. The zero-order valence-corrected chi connectivity index (χ0v) is 10.3. The van der Waals surface area contributed by atoms with E-state index in [-0.39, 0.29) is 29.5 Å². The molecule has 2 bridgehead atoms. The lowest BCUT2D eigenvalue weighted by Crippen LogP contribution is -2.61. The van der Waals surface area contributed by atoms with Gasteiger partial charge in [0.2, 0.25) is 0 Å². The summed E-state index contributed by atoms with van der Waals surface area (Å²) in [6.45, 7) is 10.5. The van der Waals surface area contributed by atoms with Gasteiger partial charge < -0.3 is 9.84 Å². The van der Waals surface area contributed by atoms with E-state index in [1.54, 1.807) is 0 Å². The highest BCUT2D eigenvalue weighted by Gasteiger charge is 2.57. The van der Waals surface area contributed by atoms with Crippen molar-refractivity contribution in [1.82, 2.24) is 0 Å². The van der Waals surface area contributed by atoms with Crippen LogP contribution in [0.5, 0.6) is 0 Å². The molecule has 15 heavy (non-hydrogen) atoms. The minimum absolute atomic E-state index is 0.0930. The van der Waals surface area contributed by atoms with Gasteiger partial charge in [-0.05, 0) is 5.41 Å². The summed E-state index contributed by atoms with van der Waals surface area (Å²) in [6.07, 6.45) is 4.40.